The predicted molar refractivity (Wildman–Crippen MR) is 85.6 cm³/mol. The van der Waals surface area contributed by atoms with Gasteiger partial charge in [0, 0.05) is 4.47 Å². The maximum Gasteiger partial charge on any atom is 0.245 e. The van der Waals surface area contributed by atoms with Crippen molar-refractivity contribution in [2.45, 2.75) is 13.0 Å². The highest BCUT2D eigenvalue weighted by molar-refractivity contribution is 9.10. The lowest BCUT2D eigenvalue weighted by molar-refractivity contribution is -0.117. The minimum Gasteiger partial charge on any atom is -0.323 e. The number of nitrogens with zero attached hydrogens (tertiary/aromatic N) is 1. The van der Waals surface area contributed by atoms with Crippen molar-refractivity contribution in [1.82, 2.24) is 0 Å². The van der Waals surface area contributed by atoms with Crippen molar-refractivity contribution in [2.24, 2.45) is 5.73 Å². The number of amides is 1. The molecule has 0 saturated heterocycles. The first kappa shape index (κ1) is 15.2. The van der Waals surface area contributed by atoms with Crippen LogP contribution in [0.15, 0.2) is 46.9 Å². The third-order valence-corrected chi connectivity index (χ3v) is 3.57. The molecule has 0 aromatic heterocycles. The topological polar surface area (TPSA) is 78.9 Å². The predicted octanol–water partition coefficient (Wildman–Crippen LogP) is 3.27. The van der Waals surface area contributed by atoms with Crippen molar-refractivity contribution >= 4 is 27.5 Å². The molecular formula is C16H14BrN3O. The maximum absolute atomic E-state index is 12.2. The fourth-order valence-corrected chi connectivity index (χ4v) is 2.21. The Balaban J connectivity index is 2.20. The number of carbonyl (C=O) groups is 1. The molecule has 2 aromatic carbocycles. The van der Waals surface area contributed by atoms with Crippen molar-refractivity contribution in [3.63, 3.8) is 0 Å². The summed E-state index contributed by atoms with van der Waals surface area (Å²) >= 11 is 3.31. The summed E-state index contributed by atoms with van der Waals surface area (Å²) in [6.07, 6.45) is 0. The van der Waals surface area contributed by atoms with Gasteiger partial charge in [0.1, 0.15) is 12.1 Å². The van der Waals surface area contributed by atoms with E-state index in [2.05, 4.69) is 21.2 Å². The summed E-state index contributed by atoms with van der Waals surface area (Å²) in [6.45, 7) is 1.97. The minimum absolute atomic E-state index is 0.353. The van der Waals surface area contributed by atoms with Crippen LogP contribution >= 0.6 is 15.9 Å². The van der Waals surface area contributed by atoms with Crippen molar-refractivity contribution in [3.8, 4) is 6.07 Å². The molecular weight excluding hydrogens is 330 g/mol. The van der Waals surface area contributed by atoms with Gasteiger partial charge in [0.15, 0.2) is 0 Å². The van der Waals surface area contributed by atoms with E-state index in [9.17, 15) is 4.79 Å². The van der Waals surface area contributed by atoms with Gasteiger partial charge in [-0.25, -0.2) is 0 Å². The van der Waals surface area contributed by atoms with Gasteiger partial charge < -0.3 is 11.1 Å². The number of benzene rings is 2. The van der Waals surface area contributed by atoms with Gasteiger partial charge in [-0.1, -0.05) is 45.8 Å². The summed E-state index contributed by atoms with van der Waals surface area (Å²) in [5, 5.41) is 11.8. The van der Waals surface area contributed by atoms with E-state index in [0.717, 1.165) is 15.6 Å². The second-order valence-corrected chi connectivity index (χ2v) is 5.59. The number of rotatable bonds is 3. The van der Waals surface area contributed by atoms with Gasteiger partial charge in [0.25, 0.3) is 0 Å². The SMILES string of the molecule is Cc1ccc(C(N)C(=O)Nc2cc(Br)ccc2C#N)cc1. The monoisotopic (exact) mass is 343 g/mol. The quantitative estimate of drug-likeness (QED) is 0.897. The highest BCUT2D eigenvalue weighted by Crippen LogP contribution is 2.22. The van der Waals surface area contributed by atoms with Crippen LogP contribution in [0.5, 0.6) is 0 Å². The van der Waals surface area contributed by atoms with E-state index in [1.54, 1.807) is 18.2 Å². The first-order valence-corrected chi connectivity index (χ1v) is 7.13. The van der Waals surface area contributed by atoms with Gasteiger partial charge in [0.05, 0.1) is 11.3 Å². The van der Waals surface area contributed by atoms with Crippen LogP contribution in [-0.4, -0.2) is 5.91 Å². The lowest BCUT2D eigenvalue weighted by Gasteiger charge is -2.14. The molecule has 0 fully saturated rings. The summed E-state index contributed by atoms with van der Waals surface area (Å²) in [7, 11) is 0. The molecule has 5 heteroatoms. The molecule has 0 aliphatic heterocycles. The van der Waals surface area contributed by atoms with E-state index < -0.39 is 6.04 Å². The average Bonchev–Trinajstić information content (AvgIpc) is 2.47. The molecule has 2 aromatic rings. The van der Waals surface area contributed by atoms with E-state index in [1.807, 2.05) is 37.3 Å². The molecule has 1 amide bonds. The zero-order valence-electron chi connectivity index (χ0n) is 11.4. The van der Waals surface area contributed by atoms with E-state index in [1.165, 1.54) is 0 Å². The Morgan fingerprint density at radius 3 is 2.57 bits per heavy atom. The van der Waals surface area contributed by atoms with E-state index in [-0.39, 0.29) is 5.91 Å². The summed E-state index contributed by atoms with van der Waals surface area (Å²) in [5.74, 6) is -0.353. The molecule has 21 heavy (non-hydrogen) atoms. The number of aryl methyl sites for hydroxylation is 1. The molecule has 0 bridgehead atoms. The zero-order chi connectivity index (χ0) is 15.4. The molecule has 4 nitrogen and oxygen atoms in total. The number of hydrogen-bond donors (Lipinski definition) is 2. The van der Waals surface area contributed by atoms with E-state index >= 15 is 0 Å². The van der Waals surface area contributed by atoms with Crippen LogP contribution in [0.2, 0.25) is 0 Å². The highest BCUT2D eigenvalue weighted by Gasteiger charge is 2.17. The Labute approximate surface area is 131 Å². The smallest absolute Gasteiger partial charge is 0.245 e. The number of halogens is 1. The van der Waals surface area contributed by atoms with E-state index in [4.69, 9.17) is 11.0 Å². The van der Waals surface area contributed by atoms with Crippen molar-refractivity contribution in [2.75, 3.05) is 5.32 Å². The molecule has 1 atom stereocenters. The first-order valence-electron chi connectivity index (χ1n) is 6.34. The second kappa shape index (κ2) is 6.53. The lowest BCUT2D eigenvalue weighted by Crippen LogP contribution is -2.28. The van der Waals surface area contributed by atoms with Crippen LogP contribution in [-0.2, 0) is 4.79 Å². The molecule has 0 saturated carbocycles. The van der Waals surface area contributed by atoms with Crippen molar-refractivity contribution in [1.29, 1.82) is 5.26 Å². The van der Waals surface area contributed by atoms with Crippen LogP contribution in [0.1, 0.15) is 22.7 Å². The molecule has 0 radical (unpaired) electrons. The Hall–Kier alpha value is -2.16. The summed E-state index contributed by atoms with van der Waals surface area (Å²) in [4.78, 5) is 12.2. The first-order chi connectivity index (χ1) is 10.0. The van der Waals surface area contributed by atoms with E-state index in [0.29, 0.717) is 11.3 Å². The molecule has 1 unspecified atom stereocenters. The Morgan fingerprint density at radius 2 is 1.95 bits per heavy atom. The van der Waals surface area contributed by atoms with Crippen molar-refractivity contribution < 1.29 is 4.79 Å². The largest absolute Gasteiger partial charge is 0.323 e. The molecule has 0 spiro atoms. The normalized spacial score (nSPS) is 11.5. The summed E-state index contributed by atoms with van der Waals surface area (Å²) < 4.78 is 0.778. The van der Waals surface area contributed by atoms with Gasteiger partial charge in [0.2, 0.25) is 5.91 Å². The maximum atomic E-state index is 12.2. The third kappa shape index (κ3) is 3.69. The minimum atomic E-state index is -0.781. The molecule has 106 valence electrons. The lowest BCUT2D eigenvalue weighted by atomic mass is 10.0. The number of carbonyl (C=O) groups excluding carboxylic acids is 1. The van der Waals surface area contributed by atoms with Crippen molar-refractivity contribution in [3.05, 3.63) is 63.6 Å². The second-order valence-electron chi connectivity index (χ2n) is 4.68. The molecule has 0 aliphatic carbocycles. The molecule has 0 aliphatic rings. The Kier molecular flexibility index (Phi) is 4.73. The number of nitriles is 1. The fraction of sp³-hybridized carbons (Fsp3) is 0.125. The molecule has 0 heterocycles. The van der Waals surface area contributed by atoms with Gasteiger partial charge in [-0.15, -0.1) is 0 Å². The highest BCUT2D eigenvalue weighted by atomic mass is 79.9. The fourth-order valence-electron chi connectivity index (χ4n) is 1.85. The van der Waals surface area contributed by atoms with Crippen LogP contribution in [0.25, 0.3) is 0 Å². The van der Waals surface area contributed by atoms with Crippen LogP contribution in [0, 0.1) is 18.3 Å². The van der Waals surface area contributed by atoms with Gasteiger partial charge in [-0.2, -0.15) is 5.26 Å². The number of anilines is 1. The number of nitrogens with one attached hydrogen (secondary N) is 1. The Morgan fingerprint density at radius 1 is 1.29 bits per heavy atom. The molecule has 2 rings (SSSR count). The van der Waals surface area contributed by atoms with Crippen LogP contribution in [0.3, 0.4) is 0 Å². The molecule has 3 N–H and O–H groups in total. The zero-order valence-corrected chi connectivity index (χ0v) is 13.0. The number of hydrogen-bond acceptors (Lipinski definition) is 3. The van der Waals surface area contributed by atoms with Crippen LogP contribution < -0.4 is 11.1 Å². The standard InChI is InChI=1S/C16H14BrN3O/c1-10-2-4-11(5-3-10)15(19)16(21)20-14-8-13(17)7-6-12(14)9-18/h2-8,15H,19H2,1H3,(H,20,21). The summed E-state index contributed by atoms with van der Waals surface area (Å²) in [6, 6.07) is 13.8. The van der Waals surface area contributed by atoms with Gasteiger partial charge >= 0.3 is 0 Å². The number of nitrogens with two attached hydrogens (primary N) is 1. The third-order valence-electron chi connectivity index (χ3n) is 3.08. The Bertz CT molecular complexity index is 704. The average molecular weight is 344 g/mol. The van der Waals surface area contributed by atoms with Gasteiger partial charge in [-0.05, 0) is 30.7 Å². The summed E-state index contributed by atoms with van der Waals surface area (Å²) in [5.41, 5.74) is 8.62. The van der Waals surface area contributed by atoms with Gasteiger partial charge in [-0.3, -0.25) is 4.79 Å². The van der Waals surface area contributed by atoms with Crippen LogP contribution in [0.4, 0.5) is 5.69 Å².